The van der Waals surface area contributed by atoms with Crippen LogP contribution in [0.5, 0.6) is 0 Å². The van der Waals surface area contributed by atoms with E-state index in [0.29, 0.717) is 12.8 Å². The van der Waals surface area contributed by atoms with Crippen LogP contribution < -0.4 is 29.6 Å². The summed E-state index contributed by atoms with van der Waals surface area (Å²) in [5.41, 5.74) is 0. The van der Waals surface area contributed by atoms with E-state index < -0.39 is 39.1 Å². The van der Waals surface area contributed by atoms with E-state index in [1.165, 1.54) is 0 Å². The van der Waals surface area contributed by atoms with Gasteiger partial charge < -0.3 is 11.6 Å². The average Bonchev–Trinajstić information content (AvgIpc) is 2.56. The van der Waals surface area contributed by atoms with Crippen molar-refractivity contribution >= 4 is 22.1 Å². The number of aliphatic carboxylic acids is 2. The summed E-state index contributed by atoms with van der Waals surface area (Å²) in [7, 11) is -5.15. The van der Waals surface area contributed by atoms with Crippen LogP contribution >= 0.6 is 0 Å². The molecule has 4 atom stereocenters. The SMILES string of the molecule is CCCCCC(C)CC(C(=O)O)C(CC(C)CCCCC)(C(=O)O)S(=O)(=O)O.[H-].[Na+]. The zero-order valence-electron chi connectivity index (χ0n) is 19.7. The molecule has 29 heavy (non-hydrogen) atoms. The Balaban J connectivity index is -0.00000364. The van der Waals surface area contributed by atoms with E-state index in [0.717, 1.165) is 38.5 Å². The fourth-order valence-electron chi connectivity index (χ4n) is 3.89. The number of carbonyl (C=O) groups is 2. The van der Waals surface area contributed by atoms with Crippen molar-refractivity contribution in [2.45, 2.75) is 96.7 Å². The van der Waals surface area contributed by atoms with Gasteiger partial charge in [-0.2, -0.15) is 8.42 Å². The second-order valence-corrected chi connectivity index (χ2v) is 9.88. The molecule has 0 rings (SSSR count). The third-order valence-corrected chi connectivity index (χ3v) is 7.12. The van der Waals surface area contributed by atoms with Crippen molar-refractivity contribution in [2.24, 2.45) is 17.8 Å². The van der Waals surface area contributed by atoms with Gasteiger partial charge in [0.1, 0.15) is 0 Å². The molecule has 0 aromatic heterocycles. The van der Waals surface area contributed by atoms with Gasteiger partial charge in [-0.05, 0) is 24.7 Å². The summed E-state index contributed by atoms with van der Waals surface area (Å²) in [5.74, 6) is -5.50. The van der Waals surface area contributed by atoms with Crippen LogP contribution in [0, 0.1) is 17.8 Å². The van der Waals surface area contributed by atoms with Crippen molar-refractivity contribution in [1.29, 1.82) is 0 Å². The van der Waals surface area contributed by atoms with Gasteiger partial charge in [0.05, 0.1) is 5.92 Å². The van der Waals surface area contributed by atoms with Gasteiger partial charge in [-0.1, -0.05) is 79.1 Å². The van der Waals surface area contributed by atoms with Crippen LogP contribution in [0.3, 0.4) is 0 Å². The number of hydrogen-bond acceptors (Lipinski definition) is 4. The van der Waals surface area contributed by atoms with Gasteiger partial charge in [0.25, 0.3) is 10.1 Å². The fraction of sp³-hybridized carbons (Fsp3) is 0.900. The molecule has 9 heteroatoms. The minimum atomic E-state index is -5.15. The number of hydrogen-bond donors (Lipinski definition) is 3. The first-order valence-corrected chi connectivity index (χ1v) is 11.8. The Morgan fingerprint density at radius 1 is 0.931 bits per heavy atom. The molecule has 7 nitrogen and oxygen atoms in total. The number of carboxylic acids is 2. The summed E-state index contributed by atoms with van der Waals surface area (Å²) >= 11 is 0. The summed E-state index contributed by atoms with van der Waals surface area (Å²) < 4.78 is 31.7. The molecule has 0 fully saturated rings. The van der Waals surface area contributed by atoms with Crippen LogP contribution in [0.15, 0.2) is 0 Å². The summed E-state index contributed by atoms with van der Waals surface area (Å²) in [6.45, 7) is 7.57. The number of unbranched alkanes of at least 4 members (excludes halogenated alkanes) is 4. The molecule has 0 radical (unpaired) electrons. The van der Waals surface area contributed by atoms with E-state index in [2.05, 4.69) is 0 Å². The molecule has 0 bridgehead atoms. The Kier molecular flexibility index (Phi) is 15.8. The number of rotatable bonds is 16. The molecule has 168 valence electrons. The third-order valence-electron chi connectivity index (χ3n) is 5.57. The van der Waals surface area contributed by atoms with Crippen LogP contribution in [0.4, 0.5) is 0 Å². The van der Waals surface area contributed by atoms with Crippen molar-refractivity contribution < 1.29 is 63.8 Å². The Hall–Kier alpha value is -0.150. The van der Waals surface area contributed by atoms with Gasteiger partial charge >= 0.3 is 41.5 Å². The smallest absolute Gasteiger partial charge is 1.00 e. The van der Waals surface area contributed by atoms with E-state index in [1.54, 1.807) is 13.8 Å². The van der Waals surface area contributed by atoms with Crippen molar-refractivity contribution in [3.05, 3.63) is 0 Å². The van der Waals surface area contributed by atoms with Gasteiger partial charge in [-0.25, -0.2) is 0 Å². The Morgan fingerprint density at radius 2 is 1.38 bits per heavy atom. The summed E-state index contributed by atoms with van der Waals surface area (Å²) in [5, 5.41) is 19.6. The fourth-order valence-corrected chi connectivity index (χ4v) is 5.16. The molecule has 4 unspecified atom stereocenters. The molecule has 0 aliphatic heterocycles. The van der Waals surface area contributed by atoms with E-state index in [9.17, 15) is 32.8 Å². The number of carboxylic acid groups (broad SMARTS) is 2. The van der Waals surface area contributed by atoms with Crippen LogP contribution in [0.25, 0.3) is 0 Å². The summed E-state index contributed by atoms with van der Waals surface area (Å²) in [6, 6.07) is 0. The predicted molar refractivity (Wildman–Crippen MR) is 110 cm³/mol. The van der Waals surface area contributed by atoms with E-state index in [4.69, 9.17) is 0 Å². The molecule has 3 N–H and O–H groups in total. The molecular weight excluding hydrogens is 407 g/mol. The zero-order valence-corrected chi connectivity index (χ0v) is 21.5. The summed E-state index contributed by atoms with van der Waals surface area (Å²) in [6.07, 6.45) is 6.26. The van der Waals surface area contributed by atoms with Crippen LogP contribution in [0.1, 0.15) is 93.3 Å². The Labute approximate surface area is 199 Å². The van der Waals surface area contributed by atoms with Crippen LogP contribution in [-0.4, -0.2) is 39.9 Å². The summed E-state index contributed by atoms with van der Waals surface area (Å²) in [4.78, 5) is 24.1. The molecule has 0 aromatic carbocycles. The van der Waals surface area contributed by atoms with Gasteiger partial charge in [0.15, 0.2) is 0 Å². The molecule has 0 saturated heterocycles. The first kappa shape index (κ1) is 31.0. The van der Waals surface area contributed by atoms with E-state index in [1.807, 2.05) is 13.8 Å². The van der Waals surface area contributed by atoms with E-state index >= 15 is 0 Å². The maximum atomic E-state index is 12.3. The standard InChI is InChI=1S/C20H38O7S.Na.H/c1-5-7-9-11-15(3)13-17(18(21)22)20(19(23)24,28(25,26)27)14-16(4)12-10-8-6-2;;/h15-17H,5-14H2,1-4H3,(H,21,22)(H,23,24)(H,25,26,27);;/q;+1;-1. The third kappa shape index (κ3) is 9.68. The molecule has 0 amide bonds. The first-order valence-electron chi connectivity index (χ1n) is 10.4. The monoisotopic (exact) mass is 446 g/mol. The van der Waals surface area contributed by atoms with Crippen LogP contribution in [-0.2, 0) is 19.7 Å². The second kappa shape index (κ2) is 14.8. The van der Waals surface area contributed by atoms with Crippen molar-refractivity contribution in [2.75, 3.05) is 0 Å². The Bertz CT molecular complexity index is 600. The largest absolute Gasteiger partial charge is 1.00 e. The normalized spacial score (nSPS) is 16.9. The topological polar surface area (TPSA) is 129 Å². The van der Waals surface area contributed by atoms with Crippen molar-refractivity contribution in [1.82, 2.24) is 0 Å². The maximum absolute atomic E-state index is 12.3. The van der Waals surface area contributed by atoms with Gasteiger partial charge in [-0.3, -0.25) is 14.1 Å². The second-order valence-electron chi connectivity index (χ2n) is 8.20. The molecule has 0 aliphatic carbocycles. The average molecular weight is 447 g/mol. The van der Waals surface area contributed by atoms with Gasteiger partial charge in [0, 0.05) is 0 Å². The maximum Gasteiger partial charge on any atom is 1.00 e. The molecule has 0 heterocycles. The van der Waals surface area contributed by atoms with Crippen molar-refractivity contribution in [3.8, 4) is 0 Å². The molecule has 0 spiro atoms. The Morgan fingerprint density at radius 3 is 1.72 bits per heavy atom. The molecular formula is C20H39NaO7S. The quantitative estimate of drug-likeness (QED) is 0.187. The van der Waals surface area contributed by atoms with Gasteiger partial charge in [-0.15, -0.1) is 0 Å². The van der Waals surface area contributed by atoms with Crippen molar-refractivity contribution in [3.63, 3.8) is 0 Å². The molecule has 0 saturated carbocycles. The molecule has 0 aromatic rings. The molecule has 0 aliphatic rings. The van der Waals surface area contributed by atoms with Crippen LogP contribution in [0.2, 0.25) is 0 Å². The predicted octanol–water partition coefficient (Wildman–Crippen LogP) is 1.73. The van der Waals surface area contributed by atoms with Gasteiger partial charge in [0.2, 0.25) is 4.75 Å². The van der Waals surface area contributed by atoms with E-state index in [-0.39, 0.29) is 49.2 Å². The minimum absolute atomic E-state index is 0. The zero-order chi connectivity index (χ0) is 22.0. The first-order chi connectivity index (χ1) is 12.9. The minimum Gasteiger partial charge on any atom is -1.00 e.